The monoisotopic (exact) mass is 181 g/mol. The number of hydrogen-bond donors (Lipinski definition) is 2. The van der Waals surface area contributed by atoms with E-state index in [9.17, 15) is 5.21 Å². The fraction of sp³-hybridized carbons (Fsp3) is 0.667. The summed E-state index contributed by atoms with van der Waals surface area (Å²) in [5.41, 5.74) is 1.33. The second kappa shape index (κ2) is 2.13. The van der Waals surface area contributed by atoms with Gasteiger partial charge in [-0.05, 0) is 27.7 Å². The lowest BCUT2D eigenvalue weighted by Gasteiger charge is -2.34. The minimum Gasteiger partial charge on any atom is -0.312 e. The molecule has 0 spiro atoms. The molecule has 2 N–H and O–H groups in total. The number of rotatable bonds is 0. The Morgan fingerprint density at radius 1 is 1.31 bits per heavy atom. The molecule has 0 fully saturated rings. The average molecular weight is 181 g/mol. The van der Waals surface area contributed by atoms with Gasteiger partial charge in [0.15, 0.2) is 0 Å². The maximum Gasteiger partial charge on any atom is 0.0830 e. The first kappa shape index (κ1) is 8.72. The molecule has 13 heavy (non-hydrogen) atoms. The zero-order valence-electron chi connectivity index (χ0n) is 8.42. The maximum atomic E-state index is 9.98. The Morgan fingerprint density at radius 3 is 2.46 bits per heavy atom. The third-order valence-corrected chi connectivity index (χ3v) is 2.97. The fourth-order valence-electron chi connectivity index (χ4n) is 2.14. The van der Waals surface area contributed by atoms with Crippen LogP contribution < -0.4 is 0 Å². The summed E-state index contributed by atoms with van der Waals surface area (Å²) in [6, 6.07) is 0. The van der Waals surface area contributed by atoms with Crippen LogP contribution in [0.5, 0.6) is 0 Å². The first-order chi connectivity index (χ1) is 5.88. The number of hydroxylamine groups is 2. The Hall–Kier alpha value is -0.870. The molecule has 72 valence electrons. The SMILES string of the molecule is CC1(C)c2cn[nH]c2C(C)(C)N1O. The summed E-state index contributed by atoms with van der Waals surface area (Å²) in [6.07, 6.45) is 1.79. The van der Waals surface area contributed by atoms with Crippen LogP contribution in [0.25, 0.3) is 0 Å². The van der Waals surface area contributed by atoms with Crippen molar-refractivity contribution in [2.75, 3.05) is 0 Å². The quantitative estimate of drug-likeness (QED) is 0.639. The van der Waals surface area contributed by atoms with Gasteiger partial charge in [-0.2, -0.15) is 10.2 Å². The van der Waals surface area contributed by atoms with Gasteiger partial charge in [0.05, 0.1) is 23.0 Å². The fourth-order valence-corrected chi connectivity index (χ4v) is 2.14. The average Bonchev–Trinajstić information content (AvgIpc) is 2.54. The molecule has 0 unspecified atom stereocenters. The molecule has 0 radical (unpaired) electrons. The predicted octanol–water partition coefficient (Wildman–Crippen LogP) is 1.58. The van der Waals surface area contributed by atoms with Gasteiger partial charge >= 0.3 is 0 Å². The van der Waals surface area contributed by atoms with E-state index in [0.717, 1.165) is 11.3 Å². The lowest BCUT2D eigenvalue weighted by molar-refractivity contribution is -0.217. The summed E-state index contributed by atoms with van der Waals surface area (Å²) in [5.74, 6) is 0. The van der Waals surface area contributed by atoms with E-state index < -0.39 is 0 Å². The maximum absolute atomic E-state index is 9.98. The Morgan fingerprint density at radius 2 is 1.92 bits per heavy atom. The molecule has 0 saturated carbocycles. The van der Waals surface area contributed by atoms with E-state index in [0.29, 0.717) is 0 Å². The number of hydrogen-bond acceptors (Lipinski definition) is 3. The van der Waals surface area contributed by atoms with E-state index in [4.69, 9.17) is 0 Å². The Labute approximate surface area is 77.5 Å². The van der Waals surface area contributed by atoms with Crippen molar-refractivity contribution in [1.82, 2.24) is 15.3 Å². The highest BCUT2D eigenvalue weighted by Gasteiger charge is 2.50. The molecule has 4 heteroatoms. The van der Waals surface area contributed by atoms with E-state index in [-0.39, 0.29) is 11.1 Å². The minimum absolute atomic E-state index is 0.355. The van der Waals surface area contributed by atoms with Crippen LogP contribution in [0.2, 0.25) is 0 Å². The van der Waals surface area contributed by atoms with Gasteiger partial charge in [-0.25, -0.2) is 0 Å². The molecule has 0 aromatic carbocycles. The van der Waals surface area contributed by atoms with Crippen molar-refractivity contribution < 1.29 is 5.21 Å². The number of nitrogens with one attached hydrogen (secondary N) is 1. The van der Waals surface area contributed by atoms with Gasteiger partial charge < -0.3 is 5.21 Å². The second-order valence-electron chi connectivity index (χ2n) is 4.59. The molecule has 0 atom stereocenters. The molecule has 1 aromatic rings. The lowest BCUT2D eigenvalue weighted by atomic mass is 9.98. The number of aromatic amines is 1. The molecule has 0 amide bonds. The molecule has 0 bridgehead atoms. The van der Waals surface area contributed by atoms with Crippen molar-refractivity contribution in [3.63, 3.8) is 0 Å². The molecule has 1 aromatic heterocycles. The standard InChI is InChI=1S/C9H15N3O/c1-8(2)6-5-10-11-7(6)9(3,4)12(8)13/h5,13H,1-4H3,(H,10,11). The zero-order chi connectivity index (χ0) is 9.85. The van der Waals surface area contributed by atoms with Gasteiger partial charge in [0.1, 0.15) is 0 Å². The first-order valence-electron chi connectivity index (χ1n) is 4.42. The van der Waals surface area contributed by atoms with Gasteiger partial charge in [0, 0.05) is 5.56 Å². The van der Waals surface area contributed by atoms with Gasteiger partial charge in [-0.1, -0.05) is 0 Å². The molecule has 1 aliphatic rings. The summed E-state index contributed by atoms with van der Waals surface area (Å²) < 4.78 is 0. The van der Waals surface area contributed by atoms with E-state index >= 15 is 0 Å². The normalized spacial score (nSPS) is 24.7. The smallest absolute Gasteiger partial charge is 0.0830 e. The minimum atomic E-state index is -0.380. The predicted molar refractivity (Wildman–Crippen MR) is 48.3 cm³/mol. The molecular formula is C9H15N3O. The molecule has 0 saturated heterocycles. The third kappa shape index (κ3) is 0.845. The Kier molecular flexibility index (Phi) is 1.43. The molecule has 2 heterocycles. The lowest BCUT2D eigenvalue weighted by Crippen LogP contribution is -2.43. The van der Waals surface area contributed by atoms with E-state index in [1.807, 2.05) is 27.7 Å². The van der Waals surface area contributed by atoms with Gasteiger partial charge in [-0.3, -0.25) is 5.10 Å². The summed E-state index contributed by atoms with van der Waals surface area (Å²) in [4.78, 5) is 0. The van der Waals surface area contributed by atoms with Crippen LogP contribution in [0.3, 0.4) is 0 Å². The topological polar surface area (TPSA) is 52.2 Å². The van der Waals surface area contributed by atoms with Crippen LogP contribution in [-0.4, -0.2) is 20.5 Å². The zero-order valence-corrected chi connectivity index (χ0v) is 8.42. The van der Waals surface area contributed by atoms with Crippen molar-refractivity contribution in [3.05, 3.63) is 17.5 Å². The van der Waals surface area contributed by atoms with E-state index in [1.54, 1.807) is 6.20 Å². The van der Waals surface area contributed by atoms with Crippen LogP contribution in [0.1, 0.15) is 39.0 Å². The summed E-state index contributed by atoms with van der Waals surface area (Å²) in [5, 5.41) is 18.3. The Balaban J connectivity index is 2.65. The van der Waals surface area contributed by atoms with Crippen molar-refractivity contribution in [1.29, 1.82) is 0 Å². The van der Waals surface area contributed by atoms with Gasteiger partial charge in [0.25, 0.3) is 0 Å². The van der Waals surface area contributed by atoms with Crippen molar-refractivity contribution >= 4 is 0 Å². The van der Waals surface area contributed by atoms with Crippen LogP contribution in [0.4, 0.5) is 0 Å². The highest BCUT2D eigenvalue weighted by molar-refractivity contribution is 5.35. The Bertz CT molecular complexity index is 310. The summed E-state index contributed by atoms with van der Waals surface area (Å²) >= 11 is 0. The second-order valence-corrected chi connectivity index (χ2v) is 4.59. The number of aromatic nitrogens is 2. The van der Waals surface area contributed by atoms with Crippen LogP contribution in [-0.2, 0) is 11.1 Å². The van der Waals surface area contributed by atoms with Crippen LogP contribution in [0.15, 0.2) is 6.20 Å². The van der Waals surface area contributed by atoms with Crippen molar-refractivity contribution in [2.45, 2.75) is 38.8 Å². The third-order valence-electron chi connectivity index (χ3n) is 2.97. The van der Waals surface area contributed by atoms with E-state index in [2.05, 4.69) is 10.2 Å². The highest BCUT2D eigenvalue weighted by atomic mass is 16.5. The van der Waals surface area contributed by atoms with Gasteiger partial charge in [0.2, 0.25) is 0 Å². The van der Waals surface area contributed by atoms with E-state index in [1.165, 1.54) is 5.06 Å². The number of H-pyrrole nitrogens is 1. The van der Waals surface area contributed by atoms with Crippen molar-refractivity contribution in [3.8, 4) is 0 Å². The van der Waals surface area contributed by atoms with Crippen LogP contribution in [0, 0.1) is 0 Å². The molecule has 4 nitrogen and oxygen atoms in total. The largest absolute Gasteiger partial charge is 0.312 e. The van der Waals surface area contributed by atoms with Crippen LogP contribution >= 0.6 is 0 Å². The summed E-state index contributed by atoms with van der Waals surface area (Å²) in [6.45, 7) is 7.91. The molecule has 1 aliphatic heterocycles. The van der Waals surface area contributed by atoms with Gasteiger partial charge in [-0.15, -0.1) is 0 Å². The molecular weight excluding hydrogens is 166 g/mol. The first-order valence-corrected chi connectivity index (χ1v) is 4.42. The molecule has 2 rings (SSSR count). The molecule has 0 aliphatic carbocycles. The van der Waals surface area contributed by atoms with Crippen molar-refractivity contribution in [2.24, 2.45) is 0 Å². The highest BCUT2D eigenvalue weighted by Crippen LogP contribution is 2.46. The number of nitrogens with zero attached hydrogens (tertiary/aromatic N) is 2. The summed E-state index contributed by atoms with van der Waals surface area (Å²) in [7, 11) is 0. The number of fused-ring (bicyclic) bond motifs is 1.